The maximum Gasteiger partial charge on any atom is 0.407 e. The van der Waals surface area contributed by atoms with Gasteiger partial charge < -0.3 is 20.2 Å². The van der Waals surface area contributed by atoms with Gasteiger partial charge in [-0.25, -0.2) is 4.79 Å². The van der Waals surface area contributed by atoms with Gasteiger partial charge in [0.1, 0.15) is 11.6 Å². The zero-order valence-corrected chi connectivity index (χ0v) is 16.4. The number of amides is 1. The topological polar surface area (TPSA) is 99.3 Å². The summed E-state index contributed by atoms with van der Waals surface area (Å²) in [6.07, 6.45) is 4.00. The second-order valence-electron chi connectivity index (χ2n) is 8.10. The number of hydrogen-bond acceptors (Lipinski definition) is 5. The van der Waals surface area contributed by atoms with Gasteiger partial charge in [-0.05, 0) is 56.9 Å². The van der Waals surface area contributed by atoms with Gasteiger partial charge in [0.15, 0.2) is 0 Å². The predicted octanol–water partition coefficient (Wildman–Crippen LogP) is 4.47. The molecule has 0 aliphatic heterocycles. The van der Waals surface area contributed by atoms with E-state index in [4.69, 9.17) is 4.74 Å². The highest BCUT2D eigenvalue weighted by Gasteiger charge is 2.33. The van der Waals surface area contributed by atoms with Crippen LogP contribution in [0.3, 0.4) is 0 Å². The maximum absolute atomic E-state index is 11.9. The number of alkyl carbamates (subject to hydrolysis) is 1. The average molecular weight is 386 g/mol. The van der Waals surface area contributed by atoms with Crippen LogP contribution in [0.25, 0.3) is 11.1 Å². The van der Waals surface area contributed by atoms with Gasteiger partial charge >= 0.3 is 11.9 Å². The first-order valence-electron chi connectivity index (χ1n) is 9.51. The lowest BCUT2D eigenvalue weighted by atomic mass is 9.91. The Kier molecular flexibility index (Phi) is 5.67. The van der Waals surface area contributed by atoms with E-state index in [1.807, 2.05) is 51.1 Å². The van der Waals surface area contributed by atoms with E-state index in [0.29, 0.717) is 18.4 Å². The van der Waals surface area contributed by atoms with E-state index in [0.717, 1.165) is 18.4 Å². The number of aromatic nitrogens is 2. The molecule has 0 unspecified atom stereocenters. The Bertz CT molecular complexity index is 834. The summed E-state index contributed by atoms with van der Waals surface area (Å²) in [5.41, 5.74) is 0.769. The molecule has 1 aliphatic rings. The molecule has 1 saturated carbocycles. The van der Waals surface area contributed by atoms with Crippen LogP contribution in [-0.2, 0) is 4.74 Å². The molecule has 0 saturated heterocycles. The van der Waals surface area contributed by atoms with Crippen LogP contribution in [0, 0.1) is 10.1 Å². The Morgan fingerprint density at radius 3 is 2.43 bits per heavy atom. The number of nitrogens with one attached hydrogen (secondary N) is 1. The summed E-state index contributed by atoms with van der Waals surface area (Å²) in [6, 6.07) is 9.21. The molecule has 1 aliphatic carbocycles. The summed E-state index contributed by atoms with van der Waals surface area (Å²) < 4.78 is 6.83. The number of hydrogen-bond donors (Lipinski definition) is 1. The molecule has 3 rings (SSSR count). The summed E-state index contributed by atoms with van der Waals surface area (Å²) in [5.74, 6) is 0.0229. The van der Waals surface area contributed by atoms with E-state index in [9.17, 15) is 14.9 Å². The molecule has 0 bridgehead atoms. The first-order chi connectivity index (χ1) is 13.2. The van der Waals surface area contributed by atoms with Crippen molar-refractivity contribution < 1.29 is 14.5 Å². The van der Waals surface area contributed by atoms with Crippen molar-refractivity contribution in [2.75, 3.05) is 0 Å². The van der Waals surface area contributed by atoms with Crippen molar-refractivity contribution in [1.29, 1.82) is 0 Å². The van der Waals surface area contributed by atoms with Crippen LogP contribution in [0.4, 0.5) is 10.6 Å². The van der Waals surface area contributed by atoms with Gasteiger partial charge in [0.25, 0.3) is 0 Å². The SMILES string of the molecule is CC(C)(C)OC(=O)NC1CCC(n2ncc(-c3ccccc3)c2[N+](=O)[O-])CC1. The Morgan fingerprint density at radius 2 is 1.86 bits per heavy atom. The number of ether oxygens (including phenoxy) is 1. The second kappa shape index (κ2) is 8.00. The van der Waals surface area contributed by atoms with Crippen LogP contribution in [0.2, 0.25) is 0 Å². The molecule has 28 heavy (non-hydrogen) atoms. The third-order valence-corrected chi connectivity index (χ3v) is 4.79. The highest BCUT2D eigenvalue weighted by atomic mass is 16.6. The lowest BCUT2D eigenvalue weighted by molar-refractivity contribution is -0.392. The zero-order chi connectivity index (χ0) is 20.3. The van der Waals surface area contributed by atoms with Crippen LogP contribution in [0.1, 0.15) is 52.5 Å². The Morgan fingerprint density at radius 1 is 1.21 bits per heavy atom. The molecule has 1 amide bonds. The van der Waals surface area contributed by atoms with Crippen molar-refractivity contribution in [2.45, 2.75) is 64.1 Å². The monoisotopic (exact) mass is 386 g/mol. The first-order valence-corrected chi connectivity index (χ1v) is 9.51. The molecule has 8 nitrogen and oxygen atoms in total. The van der Waals surface area contributed by atoms with E-state index in [2.05, 4.69) is 10.4 Å². The van der Waals surface area contributed by atoms with Crippen molar-refractivity contribution in [1.82, 2.24) is 15.1 Å². The van der Waals surface area contributed by atoms with Crippen LogP contribution < -0.4 is 5.32 Å². The fraction of sp³-hybridized carbons (Fsp3) is 0.500. The van der Waals surface area contributed by atoms with Gasteiger partial charge in [-0.15, -0.1) is 4.68 Å². The minimum absolute atomic E-state index is 0.00862. The van der Waals surface area contributed by atoms with E-state index in [1.54, 1.807) is 6.20 Å². The number of nitrogens with zero attached hydrogens (tertiary/aromatic N) is 3. The molecular formula is C20H26N4O4. The molecule has 150 valence electrons. The van der Waals surface area contributed by atoms with Crippen molar-refractivity contribution in [3.05, 3.63) is 46.6 Å². The van der Waals surface area contributed by atoms with Crippen molar-refractivity contribution in [2.24, 2.45) is 0 Å². The lowest BCUT2D eigenvalue weighted by Gasteiger charge is -2.28. The third-order valence-electron chi connectivity index (χ3n) is 4.79. The van der Waals surface area contributed by atoms with Crippen LogP contribution in [0.15, 0.2) is 36.5 Å². The largest absolute Gasteiger partial charge is 0.444 e. The first kappa shape index (κ1) is 19.9. The van der Waals surface area contributed by atoms with E-state index >= 15 is 0 Å². The molecule has 1 fully saturated rings. The fourth-order valence-corrected chi connectivity index (χ4v) is 3.57. The summed E-state index contributed by atoms with van der Waals surface area (Å²) >= 11 is 0. The molecule has 1 aromatic heterocycles. The van der Waals surface area contributed by atoms with Gasteiger partial charge in [0.05, 0.1) is 11.8 Å². The third kappa shape index (κ3) is 4.68. The van der Waals surface area contributed by atoms with Crippen LogP contribution in [-0.4, -0.2) is 32.4 Å². The molecule has 1 N–H and O–H groups in total. The van der Waals surface area contributed by atoms with Crippen molar-refractivity contribution >= 4 is 11.9 Å². The number of carbonyl (C=O) groups is 1. The number of nitro groups is 1. The summed E-state index contributed by atoms with van der Waals surface area (Å²) in [7, 11) is 0. The minimum Gasteiger partial charge on any atom is -0.444 e. The normalized spacial score (nSPS) is 19.8. The highest BCUT2D eigenvalue weighted by molar-refractivity contribution is 5.71. The van der Waals surface area contributed by atoms with Gasteiger partial charge in [-0.1, -0.05) is 35.4 Å². The van der Waals surface area contributed by atoms with Crippen molar-refractivity contribution in [3.63, 3.8) is 0 Å². The molecule has 0 spiro atoms. The van der Waals surface area contributed by atoms with Gasteiger partial charge in [0, 0.05) is 6.04 Å². The molecule has 1 heterocycles. The van der Waals surface area contributed by atoms with E-state index < -0.39 is 11.7 Å². The zero-order valence-electron chi connectivity index (χ0n) is 16.4. The Balaban J connectivity index is 1.69. The summed E-state index contributed by atoms with van der Waals surface area (Å²) in [4.78, 5) is 23.3. The van der Waals surface area contributed by atoms with Gasteiger partial charge in [-0.2, -0.15) is 0 Å². The molecule has 0 atom stereocenters. The highest BCUT2D eigenvalue weighted by Crippen LogP contribution is 2.36. The molecule has 1 aromatic carbocycles. The Hall–Kier alpha value is -2.90. The summed E-state index contributed by atoms with van der Waals surface area (Å²) in [5, 5.41) is 19.0. The molecular weight excluding hydrogens is 360 g/mol. The molecule has 2 aromatic rings. The van der Waals surface area contributed by atoms with Gasteiger partial charge in [0.2, 0.25) is 0 Å². The number of carbonyl (C=O) groups excluding carboxylic acids is 1. The molecule has 0 radical (unpaired) electrons. The molecule has 8 heteroatoms. The fourth-order valence-electron chi connectivity index (χ4n) is 3.57. The lowest BCUT2D eigenvalue weighted by Crippen LogP contribution is -2.41. The smallest absolute Gasteiger partial charge is 0.407 e. The number of benzene rings is 1. The standard InChI is InChI=1S/C20H26N4O4/c1-20(2,3)28-19(25)22-15-9-11-16(12-10-15)23-18(24(26)27)17(13-21-23)14-7-5-4-6-8-14/h4-8,13,15-16H,9-12H2,1-3H3,(H,22,25). The van der Waals surface area contributed by atoms with Crippen LogP contribution in [0.5, 0.6) is 0 Å². The van der Waals surface area contributed by atoms with Crippen molar-refractivity contribution in [3.8, 4) is 11.1 Å². The maximum atomic E-state index is 11.9. The number of rotatable bonds is 4. The second-order valence-corrected chi connectivity index (χ2v) is 8.10. The Labute approximate surface area is 164 Å². The quantitative estimate of drug-likeness (QED) is 0.617. The van der Waals surface area contributed by atoms with E-state index in [1.165, 1.54) is 4.68 Å². The predicted molar refractivity (Wildman–Crippen MR) is 105 cm³/mol. The minimum atomic E-state index is -0.537. The average Bonchev–Trinajstić information content (AvgIpc) is 3.07. The van der Waals surface area contributed by atoms with Crippen LogP contribution >= 0.6 is 0 Å². The van der Waals surface area contributed by atoms with E-state index in [-0.39, 0.29) is 22.8 Å². The van der Waals surface area contributed by atoms with Gasteiger partial charge in [-0.3, -0.25) is 0 Å². The summed E-state index contributed by atoms with van der Waals surface area (Å²) in [6.45, 7) is 5.47.